The highest BCUT2D eigenvalue weighted by Gasteiger charge is 2.51. The fraction of sp³-hybridized carbons (Fsp3) is 0.640. The molecule has 1 amide bonds. The van der Waals surface area contributed by atoms with Crippen LogP contribution < -0.4 is 5.32 Å². The third kappa shape index (κ3) is 4.28. The molecular formula is C25H34N4OS. The second-order valence-corrected chi connectivity index (χ2v) is 11.3. The Morgan fingerprint density at radius 3 is 2.42 bits per heavy atom. The molecule has 1 aromatic heterocycles. The van der Waals surface area contributed by atoms with Gasteiger partial charge in [0.15, 0.2) is 5.16 Å². The molecule has 4 bridgehead atoms. The van der Waals surface area contributed by atoms with E-state index in [-0.39, 0.29) is 5.91 Å². The first-order valence-electron chi connectivity index (χ1n) is 11.8. The molecule has 0 aliphatic heterocycles. The molecule has 4 aliphatic rings. The number of benzene rings is 1. The zero-order valence-electron chi connectivity index (χ0n) is 19.0. The number of hydrogen-bond acceptors (Lipinski definition) is 4. The summed E-state index contributed by atoms with van der Waals surface area (Å²) in [4.78, 5) is 12.5. The normalized spacial score (nSPS) is 28.8. The van der Waals surface area contributed by atoms with Crippen molar-refractivity contribution in [2.75, 3.05) is 11.1 Å². The summed E-state index contributed by atoms with van der Waals surface area (Å²) in [6.07, 6.45) is 9.62. The lowest BCUT2D eigenvalue weighted by Crippen LogP contribution is -2.47. The Kier molecular flexibility index (Phi) is 5.61. The van der Waals surface area contributed by atoms with Gasteiger partial charge in [0, 0.05) is 18.7 Å². The average Bonchev–Trinajstić information content (AvgIpc) is 3.08. The van der Waals surface area contributed by atoms with Crippen molar-refractivity contribution in [1.29, 1.82) is 0 Å². The van der Waals surface area contributed by atoms with Crippen molar-refractivity contribution in [3.05, 3.63) is 35.2 Å². The number of hydrogen-bond donors (Lipinski definition) is 1. The maximum atomic E-state index is 12.5. The summed E-state index contributed by atoms with van der Waals surface area (Å²) in [7, 11) is 0. The maximum absolute atomic E-state index is 12.5. The lowest BCUT2D eigenvalue weighted by atomic mass is 9.49. The number of amides is 1. The molecule has 2 aromatic rings. The molecule has 4 fully saturated rings. The van der Waals surface area contributed by atoms with Crippen LogP contribution in [0.5, 0.6) is 0 Å². The minimum Gasteiger partial charge on any atom is -0.325 e. The molecule has 0 unspecified atom stereocenters. The Morgan fingerprint density at radius 2 is 1.81 bits per heavy atom. The monoisotopic (exact) mass is 438 g/mol. The van der Waals surface area contributed by atoms with Gasteiger partial charge in [-0.1, -0.05) is 29.5 Å². The highest BCUT2D eigenvalue weighted by atomic mass is 32.2. The summed E-state index contributed by atoms with van der Waals surface area (Å²) in [6.45, 7) is 7.11. The predicted molar refractivity (Wildman–Crippen MR) is 125 cm³/mol. The SMILES string of the molecule is CCn1c(CC23CC4CC(CC(C4)C2)C3)nnc1SCC(=O)Nc1ccc(C)cc1C. The Balaban J connectivity index is 1.24. The van der Waals surface area contributed by atoms with Gasteiger partial charge < -0.3 is 9.88 Å². The molecule has 5 nitrogen and oxygen atoms in total. The number of aromatic nitrogens is 3. The molecule has 166 valence electrons. The summed E-state index contributed by atoms with van der Waals surface area (Å²) < 4.78 is 2.24. The van der Waals surface area contributed by atoms with Crippen LogP contribution in [0.2, 0.25) is 0 Å². The molecule has 0 radical (unpaired) electrons. The molecule has 6 rings (SSSR count). The Bertz CT molecular complexity index is 947. The van der Waals surface area contributed by atoms with Gasteiger partial charge in [-0.2, -0.15) is 0 Å². The van der Waals surface area contributed by atoms with Gasteiger partial charge in [0.1, 0.15) is 5.82 Å². The molecule has 1 aromatic carbocycles. The van der Waals surface area contributed by atoms with Crippen LogP contribution >= 0.6 is 11.8 Å². The minimum atomic E-state index is 0.00485. The standard InChI is InChI=1S/C25H34N4OS/c1-4-29-22(14-25-11-18-8-19(12-25)10-20(9-18)13-25)27-28-24(29)31-15-23(30)26-21-6-5-16(2)7-17(21)3/h5-7,18-20H,4,8-15H2,1-3H3,(H,26,30). The van der Waals surface area contributed by atoms with Gasteiger partial charge in [0.05, 0.1) is 5.75 Å². The fourth-order valence-corrected chi connectivity index (χ4v) is 7.81. The zero-order chi connectivity index (χ0) is 21.6. The number of thioether (sulfide) groups is 1. The van der Waals surface area contributed by atoms with Crippen LogP contribution in [0.15, 0.2) is 23.4 Å². The number of carbonyl (C=O) groups excluding carboxylic acids is 1. The topological polar surface area (TPSA) is 59.8 Å². The van der Waals surface area contributed by atoms with Crippen molar-refractivity contribution in [3.8, 4) is 0 Å². The van der Waals surface area contributed by atoms with Crippen molar-refractivity contribution in [1.82, 2.24) is 14.8 Å². The highest BCUT2D eigenvalue weighted by molar-refractivity contribution is 7.99. The number of carbonyl (C=O) groups is 1. The Morgan fingerprint density at radius 1 is 1.13 bits per heavy atom. The smallest absolute Gasteiger partial charge is 0.234 e. The van der Waals surface area contributed by atoms with Crippen molar-refractivity contribution >= 4 is 23.4 Å². The second-order valence-electron chi connectivity index (χ2n) is 10.4. The van der Waals surface area contributed by atoms with Crippen molar-refractivity contribution in [2.45, 2.75) is 77.4 Å². The van der Waals surface area contributed by atoms with E-state index in [1.165, 1.54) is 55.9 Å². The van der Waals surface area contributed by atoms with Crippen LogP contribution in [-0.4, -0.2) is 26.4 Å². The molecule has 0 atom stereocenters. The van der Waals surface area contributed by atoms with Crippen molar-refractivity contribution in [2.24, 2.45) is 23.2 Å². The highest BCUT2D eigenvalue weighted by Crippen LogP contribution is 2.61. The predicted octanol–water partition coefficient (Wildman–Crippen LogP) is 5.40. The molecule has 0 saturated heterocycles. The van der Waals surface area contributed by atoms with E-state index in [2.05, 4.69) is 40.0 Å². The summed E-state index contributed by atoms with van der Waals surface area (Å²) in [5.41, 5.74) is 3.63. The number of anilines is 1. The first-order chi connectivity index (χ1) is 14.9. The van der Waals surface area contributed by atoms with E-state index in [0.29, 0.717) is 11.2 Å². The zero-order valence-corrected chi connectivity index (χ0v) is 19.8. The third-order valence-corrected chi connectivity index (χ3v) is 8.76. The molecular weight excluding hydrogens is 404 g/mol. The van der Waals surface area contributed by atoms with Crippen LogP contribution in [0, 0.1) is 37.0 Å². The third-order valence-electron chi connectivity index (χ3n) is 7.80. The Labute approximate surface area is 189 Å². The largest absolute Gasteiger partial charge is 0.325 e. The van der Waals surface area contributed by atoms with Gasteiger partial charge in [-0.05, 0) is 94.1 Å². The van der Waals surface area contributed by atoms with E-state index in [4.69, 9.17) is 0 Å². The summed E-state index contributed by atoms with van der Waals surface area (Å²) in [5, 5.41) is 13.0. The van der Waals surface area contributed by atoms with Crippen molar-refractivity contribution in [3.63, 3.8) is 0 Å². The van der Waals surface area contributed by atoms with E-state index in [1.807, 2.05) is 19.1 Å². The molecule has 0 spiro atoms. The number of nitrogens with zero attached hydrogens (tertiary/aromatic N) is 3. The molecule has 1 N–H and O–H groups in total. The van der Waals surface area contributed by atoms with Gasteiger partial charge in [-0.15, -0.1) is 10.2 Å². The molecule has 31 heavy (non-hydrogen) atoms. The number of rotatable bonds is 7. The quantitative estimate of drug-likeness (QED) is 0.588. The molecule has 1 heterocycles. The first-order valence-corrected chi connectivity index (χ1v) is 12.8. The van der Waals surface area contributed by atoms with E-state index in [9.17, 15) is 4.79 Å². The lowest BCUT2D eigenvalue weighted by Gasteiger charge is -2.56. The van der Waals surface area contributed by atoms with Gasteiger partial charge in [0.25, 0.3) is 0 Å². The fourth-order valence-electron chi connectivity index (χ4n) is 6.99. The lowest BCUT2D eigenvalue weighted by molar-refractivity contribution is -0.113. The second kappa shape index (κ2) is 8.27. The first kappa shape index (κ1) is 21.0. The van der Waals surface area contributed by atoms with Crippen LogP contribution in [0.3, 0.4) is 0 Å². The van der Waals surface area contributed by atoms with Crippen LogP contribution in [0.4, 0.5) is 5.69 Å². The Hall–Kier alpha value is -1.82. The van der Waals surface area contributed by atoms with Crippen LogP contribution in [-0.2, 0) is 17.8 Å². The van der Waals surface area contributed by atoms with Gasteiger partial charge >= 0.3 is 0 Å². The number of aryl methyl sites for hydroxylation is 2. The van der Waals surface area contributed by atoms with Gasteiger partial charge in [0.2, 0.25) is 5.91 Å². The van der Waals surface area contributed by atoms with E-state index < -0.39 is 0 Å². The number of nitrogens with one attached hydrogen (secondary N) is 1. The minimum absolute atomic E-state index is 0.00485. The van der Waals surface area contributed by atoms with E-state index >= 15 is 0 Å². The maximum Gasteiger partial charge on any atom is 0.234 e. The average molecular weight is 439 g/mol. The van der Waals surface area contributed by atoms with Gasteiger partial charge in [-0.3, -0.25) is 4.79 Å². The van der Waals surface area contributed by atoms with E-state index in [1.54, 1.807) is 0 Å². The summed E-state index contributed by atoms with van der Waals surface area (Å²) in [6, 6.07) is 6.10. The van der Waals surface area contributed by atoms with Crippen LogP contribution in [0.25, 0.3) is 0 Å². The summed E-state index contributed by atoms with van der Waals surface area (Å²) >= 11 is 1.50. The molecule has 4 aliphatic carbocycles. The van der Waals surface area contributed by atoms with Crippen LogP contribution in [0.1, 0.15) is 62.4 Å². The van der Waals surface area contributed by atoms with E-state index in [0.717, 1.165) is 53.0 Å². The molecule has 6 heteroatoms. The summed E-state index contributed by atoms with van der Waals surface area (Å²) in [5.74, 6) is 4.33. The molecule has 4 saturated carbocycles. The van der Waals surface area contributed by atoms with Gasteiger partial charge in [-0.25, -0.2) is 0 Å². The van der Waals surface area contributed by atoms with Crippen molar-refractivity contribution < 1.29 is 4.79 Å².